The average molecular weight is 280 g/mol. The van der Waals surface area contributed by atoms with Crippen LogP contribution in [0.3, 0.4) is 0 Å². The quantitative estimate of drug-likeness (QED) is 0.904. The highest BCUT2D eigenvalue weighted by Gasteiger charge is 2.29. The van der Waals surface area contributed by atoms with Gasteiger partial charge in [0.25, 0.3) is 0 Å². The van der Waals surface area contributed by atoms with Gasteiger partial charge >= 0.3 is 0 Å². The van der Waals surface area contributed by atoms with Gasteiger partial charge in [-0.2, -0.15) is 0 Å². The largest absolute Gasteiger partial charge is 0.319 e. The lowest BCUT2D eigenvalue weighted by molar-refractivity contribution is 0.269. The van der Waals surface area contributed by atoms with E-state index < -0.39 is 0 Å². The summed E-state index contributed by atoms with van der Waals surface area (Å²) in [6, 6.07) is 22.2. The Morgan fingerprint density at radius 2 is 1.57 bits per heavy atom. The number of hydrogen-bond donors (Lipinski definition) is 1. The first kappa shape index (κ1) is 14.3. The molecule has 1 aliphatic heterocycles. The van der Waals surface area contributed by atoms with Crippen molar-refractivity contribution >= 4 is 0 Å². The van der Waals surface area contributed by atoms with Crippen molar-refractivity contribution in [3.05, 3.63) is 71.8 Å². The zero-order valence-corrected chi connectivity index (χ0v) is 12.7. The van der Waals surface area contributed by atoms with E-state index in [9.17, 15) is 0 Å². The van der Waals surface area contributed by atoms with Crippen LogP contribution in [-0.4, -0.2) is 31.6 Å². The summed E-state index contributed by atoms with van der Waals surface area (Å²) in [5.74, 6) is 0.768. The van der Waals surface area contributed by atoms with Gasteiger partial charge < -0.3 is 5.32 Å². The maximum absolute atomic E-state index is 3.32. The molecule has 3 rings (SSSR count). The Kier molecular flexibility index (Phi) is 4.69. The first-order chi connectivity index (χ1) is 10.4. The molecule has 1 N–H and O–H groups in total. The van der Waals surface area contributed by atoms with E-state index in [1.807, 2.05) is 0 Å². The molecule has 2 aromatic carbocycles. The maximum Gasteiger partial charge on any atom is 0.0601 e. The predicted octanol–water partition coefficient (Wildman–Crippen LogP) is 3.32. The summed E-state index contributed by atoms with van der Waals surface area (Å²) in [6.45, 7) is 3.48. The van der Waals surface area contributed by atoms with Crippen LogP contribution in [0, 0.1) is 5.92 Å². The molecule has 21 heavy (non-hydrogen) atoms. The molecule has 0 aromatic heterocycles. The van der Waals surface area contributed by atoms with Gasteiger partial charge in [-0.25, -0.2) is 0 Å². The summed E-state index contributed by atoms with van der Waals surface area (Å²) in [4.78, 5) is 2.63. The van der Waals surface area contributed by atoms with Gasteiger partial charge in [-0.1, -0.05) is 60.7 Å². The second-order valence-electron chi connectivity index (χ2n) is 5.93. The van der Waals surface area contributed by atoms with E-state index >= 15 is 0 Å². The number of nitrogens with one attached hydrogen (secondary N) is 1. The van der Waals surface area contributed by atoms with E-state index in [4.69, 9.17) is 0 Å². The Labute approximate surface area is 127 Å². The fourth-order valence-corrected chi connectivity index (χ4v) is 3.44. The van der Waals surface area contributed by atoms with Crippen molar-refractivity contribution in [2.24, 2.45) is 5.92 Å². The van der Waals surface area contributed by atoms with Crippen molar-refractivity contribution in [3.63, 3.8) is 0 Å². The monoisotopic (exact) mass is 280 g/mol. The van der Waals surface area contributed by atoms with Crippen molar-refractivity contribution < 1.29 is 0 Å². The van der Waals surface area contributed by atoms with Gasteiger partial charge in [-0.05, 0) is 43.6 Å². The van der Waals surface area contributed by atoms with Crippen molar-refractivity contribution in [2.45, 2.75) is 12.5 Å². The predicted molar refractivity (Wildman–Crippen MR) is 88.3 cm³/mol. The van der Waals surface area contributed by atoms with Crippen molar-refractivity contribution in [3.8, 4) is 0 Å². The minimum atomic E-state index is 0.384. The van der Waals surface area contributed by atoms with Gasteiger partial charge in [0.15, 0.2) is 0 Å². The summed E-state index contributed by atoms with van der Waals surface area (Å²) in [7, 11) is 2.05. The minimum Gasteiger partial charge on any atom is -0.319 e. The van der Waals surface area contributed by atoms with Crippen LogP contribution in [-0.2, 0) is 0 Å². The number of likely N-dealkylation sites (tertiary alicyclic amines) is 1. The average Bonchev–Trinajstić information content (AvgIpc) is 2.98. The van der Waals surface area contributed by atoms with Crippen LogP contribution in [0.15, 0.2) is 60.7 Å². The molecule has 2 aromatic rings. The number of nitrogens with zero attached hydrogens (tertiary/aromatic N) is 1. The van der Waals surface area contributed by atoms with Gasteiger partial charge in [0.05, 0.1) is 6.04 Å². The van der Waals surface area contributed by atoms with Crippen molar-refractivity contribution in [2.75, 3.05) is 26.7 Å². The smallest absolute Gasteiger partial charge is 0.0601 e. The number of hydrogen-bond acceptors (Lipinski definition) is 2. The Balaban J connectivity index is 1.87. The van der Waals surface area contributed by atoms with E-state index in [0.717, 1.165) is 12.5 Å². The zero-order chi connectivity index (χ0) is 14.5. The number of benzene rings is 2. The summed E-state index contributed by atoms with van der Waals surface area (Å²) in [6.07, 6.45) is 1.29. The molecule has 2 heteroatoms. The molecular weight excluding hydrogens is 256 g/mol. The lowest BCUT2D eigenvalue weighted by atomic mass is 9.97. The number of rotatable bonds is 5. The third kappa shape index (κ3) is 3.34. The molecule has 1 aliphatic rings. The summed E-state index contributed by atoms with van der Waals surface area (Å²) in [5.41, 5.74) is 2.79. The normalized spacial score (nSPS) is 19.2. The molecule has 2 nitrogen and oxygen atoms in total. The molecule has 1 atom stereocenters. The van der Waals surface area contributed by atoms with E-state index in [0.29, 0.717) is 6.04 Å². The first-order valence-electron chi connectivity index (χ1n) is 7.87. The SMILES string of the molecule is CNCC1CCN(C(c2ccccc2)c2ccccc2)C1. The first-order valence-corrected chi connectivity index (χ1v) is 7.87. The lowest BCUT2D eigenvalue weighted by Crippen LogP contribution is -2.29. The molecule has 110 valence electrons. The van der Waals surface area contributed by atoms with Crippen LogP contribution in [0.2, 0.25) is 0 Å². The molecule has 1 fully saturated rings. The molecule has 0 bridgehead atoms. The van der Waals surface area contributed by atoms with E-state index in [1.54, 1.807) is 0 Å². The van der Waals surface area contributed by atoms with Crippen LogP contribution < -0.4 is 5.32 Å². The Hall–Kier alpha value is -1.64. The second-order valence-corrected chi connectivity index (χ2v) is 5.93. The fraction of sp³-hybridized carbons (Fsp3) is 0.368. The zero-order valence-electron chi connectivity index (χ0n) is 12.7. The minimum absolute atomic E-state index is 0.384. The van der Waals surface area contributed by atoms with E-state index in [-0.39, 0.29) is 0 Å². The molecule has 0 saturated carbocycles. The van der Waals surface area contributed by atoms with Crippen LogP contribution in [0.4, 0.5) is 0 Å². The second kappa shape index (κ2) is 6.88. The Morgan fingerprint density at radius 3 is 2.10 bits per heavy atom. The molecule has 1 heterocycles. The molecule has 1 saturated heterocycles. The van der Waals surface area contributed by atoms with Gasteiger partial charge in [0, 0.05) is 6.54 Å². The highest BCUT2D eigenvalue weighted by molar-refractivity contribution is 5.32. The lowest BCUT2D eigenvalue weighted by Gasteiger charge is -2.29. The van der Waals surface area contributed by atoms with E-state index in [1.165, 1.54) is 30.6 Å². The summed E-state index contributed by atoms with van der Waals surface area (Å²) < 4.78 is 0. The molecule has 1 unspecified atom stereocenters. The Bertz CT molecular complexity index is 499. The molecular formula is C19H24N2. The maximum atomic E-state index is 3.32. The van der Waals surface area contributed by atoms with Crippen LogP contribution in [0.5, 0.6) is 0 Å². The molecule has 0 spiro atoms. The third-order valence-electron chi connectivity index (χ3n) is 4.41. The summed E-state index contributed by atoms with van der Waals surface area (Å²) >= 11 is 0. The fourth-order valence-electron chi connectivity index (χ4n) is 3.44. The van der Waals surface area contributed by atoms with Gasteiger partial charge in [-0.15, -0.1) is 0 Å². The van der Waals surface area contributed by atoms with Gasteiger partial charge in [-0.3, -0.25) is 4.90 Å². The third-order valence-corrected chi connectivity index (χ3v) is 4.41. The topological polar surface area (TPSA) is 15.3 Å². The van der Waals surface area contributed by atoms with Gasteiger partial charge in [0.1, 0.15) is 0 Å². The van der Waals surface area contributed by atoms with Crippen LogP contribution in [0.25, 0.3) is 0 Å². The van der Waals surface area contributed by atoms with Crippen molar-refractivity contribution in [1.29, 1.82) is 0 Å². The van der Waals surface area contributed by atoms with Crippen LogP contribution in [0.1, 0.15) is 23.6 Å². The van der Waals surface area contributed by atoms with E-state index in [2.05, 4.69) is 77.9 Å². The summed E-state index contributed by atoms with van der Waals surface area (Å²) in [5, 5.41) is 3.32. The van der Waals surface area contributed by atoms with Crippen molar-refractivity contribution in [1.82, 2.24) is 10.2 Å². The van der Waals surface area contributed by atoms with Gasteiger partial charge in [0.2, 0.25) is 0 Å². The molecule has 0 amide bonds. The van der Waals surface area contributed by atoms with Crippen LogP contribution >= 0.6 is 0 Å². The highest BCUT2D eigenvalue weighted by atomic mass is 15.2. The Morgan fingerprint density at radius 1 is 1.00 bits per heavy atom. The molecule has 0 aliphatic carbocycles. The molecule has 0 radical (unpaired) electrons. The standard InChI is InChI=1S/C19H24N2/c1-20-14-16-12-13-21(15-16)19(17-8-4-2-5-9-17)18-10-6-3-7-11-18/h2-11,16,19-20H,12-15H2,1H3. The highest BCUT2D eigenvalue weighted by Crippen LogP contribution is 2.32.